The fourth-order valence-corrected chi connectivity index (χ4v) is 2.93. The third kappa shape index (κ3) is 6.84. The van der Waals surface area contributed by atoms with Gasteiger partial charge in [-0.05, 0) is 29.8 Å². The molecule has 0 radical (unpaired) electrons. The number of alkyl halides is 3. The molecule has 12 heteroatoms. The molecule has 0 unspecified atom stereocenters. The normalized spacial score (nSPS) is 11.9. The molecule has 1 heterocycles. The number of aromatic nitrogens is 1. The van der Waals surface area contributed by atoms with Gasteiger partial charge in [0.05, 0.1) is 18.5 Å². The molecule has 8 nitrogen and oxygen atoms in total. The van der Waals surface area contributed by atoms with Crippen molar-refractivity contribution in [3.63, 3.8) is 0 Å². The summed E-state index contributed by atoms with van der Waals surface area (Å²) in [5.74, 6) is -3.26. The van der Waals surface area contributed by atoms with Crippen LogP contribution < -0.4 is 10.9 Å². The summed E-state index contributed by atoms with van der Waals surface area (Å²) in [6, 6.07) is 10.6. The van der Waals surface area contributed by atoms with E-state index in [0.29, 0.717) is 11.3 Å². The fourth-order valence-electron chi connectivity index (χ4n) is 2.18. The van der Waals surface area contributed by atoms with Crippen LogP contribution in [0.15, 0.2) is 48.7 Å². The maximum Gasteiger partial charge on any atom is 0.472 e. The van der Waals surface area contributed by atoms with E-state index in [0.717, 1.165) is 6.26 Å². The lowest BCUT2D eigenvalue weighted by Crippen LogP contribution is -2.47. The quantitative estimate of drug-likeness (QED) is 0.673. The van der Waals surface area contributed by atoms with E-state index >= 15 is 0 Å². The van der Waals surface area contributed by atoms with Crippen molar-refractivity contribution in [3.05, 3.63) is 65.5 Å². The molecule has 2 aromatic rings. The van der Waals surface area contributed by atoms with Gasteiger partial charge in [-0.3, -0.25) is 25.4 Å². The Morgan fingerprint density at radius 3 is 2.21 bits per heavy atom. The molecular weight excluding hydrogens is 413 g/mol. The van der Waals surface area contributed by atoms with E-state index in [1.165, 1.54) is 34.0 Å². The molecule has 156 valence electrons. The number of hydrogen-bond donors (Lipinski definition) is 2. The zero-order valence-electron chi connectivity index (χ0n) is 15.1. The molecule has 0 saturated heterocycles. The Bertz CT molecular complexity index is 964. The standard InChI is InChI=1S/C17H17F3N4O4S/c1-29(27,28)24(11-14-4-2-3-9-21-14)10-12-5-7-13(8-6-12)15(25)22-23-16(26)17(18,19)20/h2-9H,10-11H2,1H3,(H,22,25)(H,23,26). The van der Waals surface area contributed by atoms with E-state index in [1.807, 2.05) is 0 Å². The Balaban J connectivity index is 2.04. The largest absolute Gasteiger partial charge is 0.472 e. The van der Waals surface area contributed by atoms with Gasteiger partial charge in [-0.15, -0.1) is 0 Å². The zero-order valence-corrected chi connectivity index (χ0v) is 15.9. The average molecular weight is 430 g/mol. The minimum atomic E-state index is -5.13. The maximum atomic E-state index is 12.1. The number of hydrazine groups is 1. The monoisotopic (exact) mass is 430 g/mol. The second kappa shape index (κ2) is 9.01. The fraction of sp³-hybridized carbons (Fsp3) is 0.235. The van der Waals surface area contributed by atoms with Crippen LogP contribution in [-0.4, -0.2) is 42.0 Å². The van der Waals surface area contributed by atoms with Gasteiger partial charge in [0.15, 0.2) is 0 Å². The van der Waals surface area contributed by atoms with Crippen molar-refractivity contribution in [1.29, 1.82) is 0 Å². The molecule has 0 bridgehead atoms. The van der Waals surface area contributed by atoms with E-state index in [9.17, 15) is 31.2 Å². The van der Waals surface area contributed by atoms with Gasteiger partial charge in [-0.2, -0.15) is 17.5 Å². The highest BCUT2D eigenvalue weighted by atomic mass is 32.2. The molecule has 0 spiro atoms. The number of nitrogens with zero attached hydrogens (tertiary/aromatic N) is 2. The summed E-state index contributed by atoms with van der Waals surface area (Å²) in [6.07, 6.45) is -2.53. The number of sulfonamides is 1. The van der Waals surface area contributed by atoms with Crippen molar-refractivity contribution in [2.45, 2.75) is 19.3 Å². The van der Waals surface area contributed by atoms with Crippen molar-refractivity contribution in [2.24, 2.45) is 0 Å². The molecular formula is C17H17F3N4O4S. The SMILES string of the molecule is CS(=O)(=O)N(Cc1ccc(C(=O)NNC(=O)C(F)(F)F)cc1)Cc1ccccn1. The van der Waals surface area contributed by atoms with Crippen LogP contribution in [0, 0.1) is 0 Å². The van der Waals surface area contributed by atoms with Crippen molar-refractivity contribution in [3.8, 4) is 0 Å². The first-order chi connectivity index (χ1) is 13.5. The second-order valence-electron chi connectivity index (χ2n) is 5.96. The Labute approximate surface area is 164 Å². The van der Waals surface area contributed by atoms with Crippen LogP contribution >= 0.6 is 0 Å². The molecule has 0 atom stereocenters. The van der Waals surface area contributed by atoms with Crippen LogP contribution in [0.5, 0.6) is 0 Å². The first kappa shape index (κ1) is 22.3. The van der Waals surface area contributed by atoms with Crippen LogP contribution in [0.1, 0.15) is 21.6 Å². The summed E-state index contributed by atoms with van der Waals surface area (Å²) in [4.78, 5) is 26.6. The van der Waals surface area contributed by atoms with Crippen LogP contribution in [0.25, 0.3) is 0 Å². The number of benzene rings is 1. The Kier molecular flexibility index (Phi) is 6.93. The number of nitrogens with one attached hydrogen (secondary N) is 2. The van der Waals surface area contributed by atoms with Crippen LogP contribution in [-0.2, 0) is 27.9 Å². The minimum absolute atomic E-state index is 0.00210. The molecule has 2 N–H and O–H groups in total. The van der Waals surface area contributed by atoms with E-state index in [2.05, 4.69) is 4.98 Å². The molecule has 2 rings (SSSR count). The van der Waals surface area contributed by atoms with E-state index in [4.69, 9.17) is 0 Å². The second-order valence-corrected chi connectivity index (χ2v) is 7.94. The number of amides is 2. The predicted molar refractivity (Wildman–Crippen MR) is 96.4 cm³/mol. The van der Waals surface area contributed by atoms with Crippen molar-refractivity contribution in [1.82, 2.24) is 20.1 Å². The molecule has 0 fully saturated rings. The lowest BCUT2D eigenvalue weighted by molar-refractivity contribution is -0.174. The van der Waals surface area contributed by atoms with E-state index in [1.54, 1.807) is 29.8 Å². The number of hydrogen-bond acceptors (Lipinski definition) is 5. The maximum absolute atomic E-state index is 12.1. The topological polar surface area (TPSA) is 108 Å². The number of carbonyl (C=O) groups is 2. The molecule has 0 aliphatic heterocycles. The highest BCUT2D eigenvalue weighted by molar-refractivity contribution is 7.88. The Hall–Kier alpha value is -2.99. The highest BCUT2D eigenvalue weighted by Gasteiger charge is 2.39. The summed E-state index contributed by atoms with van der Waals surface area (Å²) in [7, 11) is -3.56. The Morgan fingerprint density at radius 1 is 1.03 bits per heavy atom. The molecule has 1 aromatic carbocycles. The molecule has 0 saturated carbocycles. The molecule has 29 heavy (non-hydrogen) atoms. The van der Waals surface area contributed by atoms with Gasteiger partial charge in [-0.1, -0.05) is 18.2 Å². The summed E-state index contributed by atoms with van der Waals surface area (Å²) in [6.45, 7) is 0.0491. The third-order valence-corrected chi connectivity index (χ3v) is 4.85. The highest BCUT2D eigenvalue weighted by Crippen LogP contribution is 2.15. The lowest BCUT2D eigenvalue weighted by Gasteiger charge is -2.19. The van der Waals surface area contributed by atoms with Crippen molar-refractivity contribution in [2.75, 3.05) is 6.26 Å². The van der Waals surface area contributed by atoms with Gasteiger partial charge < -0.3 is 0 Å². The predicted octanol–water partition coefficient (Wildman–Crippen LogP) is 1.37. The van der Waals surface area contributed by atoms with Gasteiger partial charge in [-0.25, -0.2) is 8.42 Å². The van der Waals surface area contributed by atoms with Gasteiger partial charge in [0.2, 0.25) is 10.0 Å². The third-order valence-electron chi connectivity index (χ3n) is 3.66. The average Bonchev–Trinajstić information content (AvgIpc) is 2.65. The first-order valence-corrected chi connectivity index (χ1v) is 9.93. The molecule has 0 aliphatic carbocycles. The Morgan fingerprint density at radius 2 is 1.69 bits per heavy atom. The molecule has 2 amide bonds. The number of carbonyl (C=O) groups excluding carboxylic acids is 2. The smallest absolute Gasteiger partial charge is 0.267 e. The minimum Gasteiger partial charge on any atom is -0.267 e. The number of halogens is 3. The van der Waals surface area contributed by atoms with E-state index in [-0.39, 0.29) is 18.7 Å². The van der Waals surface area contributed by atoms with Crippen LogP contribution in [0.3, 0.4) is 0 Å². The van der Waals surface area contributed by atoms with Gasteiger partial charge in [0, 0.05) is 18.3 Å². The summed E-state index contributed by atoms with van der Waals surface area (Å²) in [5.41, 5.74) is 3.98. The lowest BCUT2D eigenvalue weighted by atomic mass is 10.1. The number of rotatable bonds is 6. The summed E-state index contributed by atoms with van der Waals surface area (Å²) in [5, 5.41) is 0. The van der Waals surface area contributed by atoms with Gasteiger partial charge >= 0.3 is 12.1 Å². The van der Waals surface area contributed by atoms with Crippen LogP contribution in [0.4, 0.5) is 13.2 Å². The summed E-state index contributed by atoms with van der Waals surface area (Å²) >= 11 is 0. The summed E-state index contributed by atoms with van der Waals surface area (Å²) < 4.78 is 61.6. The van der Waals surface area contributed by atoms with Crippen molar-refractivity contribution >= 4 is 21.8 Å². The number of pyridine rings is 1. The van der Waals surface area contributed by atoms with Gasteiger partial charge in [0.25, 0.3) is 5.91 Å². The first-order valence-electron chi connectivity index (χ1n) is 8.08. The zero-order chi connectivity index (χ0) is 21.7. The van der Waals surface area contributed by atoms with Gasteiger partial charge in [0.1, 0.15) is 0 Å². The van der Waals surface area contributed by atoms with Crippen LogP contribution in [0.2, 0.25) is 0 Å². The molecule has 0 aliphatic rings. The molecule has 1 aromatic heterocycles. The van der Waals surface area contributed by atoms with E-state index < -0.39 is 28.0 Å². The van der Waals surface area contributed by atoms with Crippen molar-refractivity contribution < 1.29 is 31.2 Å².